The highest BCUT2D eigenvalue weighted by molar-refractivity contribution is 6.09. The van der Waals surface area contributed by atoms with Gasteiger partial charge in [0.1, 0.15) is 12.1 Å². The van der Waals surface area contributed by atoms with Crippen molar-refractivity contribution in [2.45, 2.75) is 51.1 Å². The standard InChI is InChI=1S/C20H24N4O3/c1-13-5-3-4-10-20(13)18(26)24(19(27)23-20)12-17(25)22-14(2)16-8-6-15(11-21)7-9-16/h6-9,13-14H,3-5,10,12H2,1-2H3,(H,22,25)(H,23,27). The molecule has 142 valence electrons. The normalized spacial score (nSPS) is 25.8. The van der Waals surface area contributed by atoms with Crippen LogP contribution in [0.1, 0.15) is 56.7 Å². The molecule has 0 aromatic heterocycles. The van der Waals surface area contributed by atoms with Crippen molar-refractivity contribution >= 4 is 17.8 Å². The van der Waals surface area contributed by atoms with Crippen LogP contribution >= 0.6 is 0 Å². The second kappa shape index (κ2) is 7.39. The maximum absolute atomic E-state index is 12.9. The number of urea groups is 1. The van der Waals surface area contributed by atoms with Gasteiger partial charge in [-0.05, 0) is 43.4 Å². The van der Waals surface area contributed by atoms with Gasteiger partial charge in [-0.25, -0.2) is 4.79 Å². The zero-order chi connectivity index (χ0) is 19.6. The fourth-order valence-corrected chi connectivity index (χ4v) is 4.00. The van der Waals surface area contributed by atoms with Crippen LogP contribution in [0.2, 0.25) is 0 Å². The molecule has 4 amide bonds. The minimum Gasteiger partial charge on any atom is -0.348 e. The Kier molecular flexibility index (Phi) is 5.17. The van der Waals surface area contributed by atoms with Gasteiger partial charge < -0.3 is 10.6 Å². The predicted molar refractivity (Wildman–Crippen MR) is 98.3 cm³/mol. The van der Waals surface area contributed by atoms with E-state index < -0.39 is 17.5 Å². The van der Waals surface area contributed by atoms with Crippen molar-refractivity contribution in [1.82, 2.24) is 15.5 Å². The van der Waals surface area contributed by atoms with E-state index in [-0.39, 0.29) is 24.4 Å². The molecule has 7 heteroatoms. The summed E-state index contributed by atoms with van der Waals surface area (Å²) in [5.74, 6) is -0.620. The Bertz CT molecular complexity index is 798. The summed E-state index contributed by atoms with van der Waals surface area (Å²) in [7, 11) is 0. The molecule has 2 fully saturated rings. The molecule has 0 radical (unpaired) electrons. The molecule has 2 N–H and O–H groups in total. The van der Waals surface area contributed by atoms with Gasteiger partial charge in [0.05, 0.1) is 17.7 Å². The maximum Gasteiger partial charge on any atom is 0.325 e. The van der Waals surface area contributed by atoms with Gasteiger partial charge in [-0.1, -0.05) is 31.9 Å². The second-order valence-electron chi connectivity index (χ2n) is 7.46. The maximum atomic E-state index is 12.9. The van der Waals surface area contributed by atoms with Gasteiger partial charge in [0.15, 0.2) is 0 Å². The van der Waals surface area contributed by atoms with Crippen molar-refractivity contribution in [3.63, 3.8) is 0 Å². The molecule has 1 heterocycles. The van der Waals surface area contributed by atoms with Gasteiger partial charge in [-0.3, -0.25) is 14.5 Å². The topological polar surface area (TPSA) is 102 Å². The number of carbonyl (C=O) groups is 3. The number of benzene rings is 1. The van der Waals surface area contributed by atoms with Gasteiger partial charge in [-0.2, -0.15) is 5.26 Å². The monoisotopic (exact) mass is 368 g/mol. The molecule has 0 bridgehead atoms. The van der Waals surface area contributed by atoms with E-state index >= 15 is 0 Å². The van der Waals surface area contributed by atoms with Gasteiger partial charge >= 0.3 is 6.03 Å². The molecule has 1 saturated heterocycles. The van der Waals surface area contributed by atoms with Crippen LogP contribution in [-0.2, 0) is 9.59 Å². The first-order chi connectivity index (χ1) is 12.9. The lowest BCUT2D eigenvalue weighted by Crippen LogP contribution is -2.54. The fourth-order valence-electron chi connectivity index (χ4n) is 4.00. The van der Waals surface area contributed by atoms with Gasteiger partial charge in [0.2, 0.25) is 5.91 Å². The Morgan fingerprint density at radius 3 is 2.70 bits per heavy atom. The number of nitriles is 1. The molecule has 7 nitrogen and oxygen atoms in total. The Balaban J connectivity index is 1.64. The Morgan fingerprint density at radius 1 is 1.37 bits per heavy atom. The van der Waals surface area contributed by atoms with Crippen LogP contribution in [0.25, 0.3) is 0 Å². The number of imide groups is 1. The lowest BCUT2D eigenvalue weighted by Gasteiger charge is -2.36. The molecule has 1 spiro atoms. The van der Waals surface area contributed by atoms with Crippen molar-refractivity contribution in [1.29, 1.82) is 5.26 Å². The van der Waals surface area contributed by atoms with E-state index in [0.29, 0.717) is 12.0 Å². The molecule has 1 saturated carbocycles. The third kappa shape index (κ3) is 3.52. The van der Waals surface area contributed by atoms with E-state index in [1.165, 1.54) is 0 Å². The quantitative estimate of drug-likeness (QED) is 0.796. The summed E-state index contributed by atoms with van der Waals surface area (Å²) in [6.07, 6.45) is 3.46. The Hall–Kier alpha value is -2.88. The number of nitrogens with one attached hydrogen (secondary N) is 2. The lowest BCUT2D eigenvalue weighted by atomic mass is 9.73. The van der Waals surface area contributed by atoms with Crippen LogP contribution in [0.15, 0.2) is 24.3 Å². The largest absolute Gasteiger partial charge is 0.348 e. The van der Waals surface area contributed by atoms with Gasteiger partial charge in [0, 0.05) is 0 Å². The minimum absolute atomic E-state index is 0.0633. The van der Waals surface area contributed by atoms with E-state index in [4.69, 9.17) is 5.26 Å². The SMILES string of the molecule is CC(NC(=O)CN1C(=O)NC2(CCCCC2C)C1=O)c1ccc(C#N)cc1. The fraction of sp³-hybridized carbons (Fsp3) is 0.500. The van der Waals surface area contributed by atoms with Crippen molar-refractivity contribution in [3.8, 4) is 6.07 Å². The summed E-state index contributed by atoms with van der Waals surface area (Å²) in [5, 5.41) is 14.5. The molecule has 1 aromatic rings. The van der Waals surface area contributed by atoms with Crippen molar-refractivity contribution in [2.75, 3.05) is 6.54 Å². The first-order valence-corrected chi connectivity index (χ1v) is 9.31. The smallest absolute Gasteiger partial charge is 0.325 e. The third-order valence-electron chi connectivity index (χ3n) is 5.72. The second-order valence-corrected chi connectivity index (χ2v) is 7.46. The number of nitrogens with zero attached hydrogens (tertiary/aromatic N) is 2. The first-order valence-electron chi connectivity index (χ1n) is 9.31. The highest BCUT2D eigenvalue weighted by atomic mass is 16.2. The van der Waals surface area contributed by atoms with E-state index in [2.05, 4.69) is 10.6 Å². The number of amides is 4. The molecular formula is C20H24N4O3. The average Bonchev–Trinajstić information content (AvgIpc) is 2.89. The van der Waals surface area contributed by atoms with Crippen LogP contribution < -0.4 is 10.6 Å². The number of hydrogen-bond acceptors (Lipinski definition) is 4. The third-order valence-corrected chi connectivity index (χ3v) is 5.72. The lowest BCUT2D eigenvalue weighted by molar-refractivity contribution is -0.137. The van der Waals surface area contributed by atoms with Crippen molar-refractivity contribution < 1.29 is 14.4 Å². The number of carbonyl (C=O) groups excluding carboxylic acids is 3. The Labute approximate surface area is 158 Å². The summed E-state index contributed by atoms with van der Waals surface area (Å²) >= 11 is 0. The highest BCUT2D eigenvalue weighted by Crippen LogP contribution is 2.38. The minimum atomic E-state index is -0.853. The summed E-state index contributed by atoms with van der Waals surface area (Å²) in [6, 6.07) is 8.18. The average molecular weight is 368 g/mol. The molecule has 3 atom stereocenters. The van der Waals surface area contributed by atoms with Crippen LogP contribution in [-0.4, -0.2) is 34.8 Å². The van der Waals surface area contributed by atoms with E-state index in [0.717, 1.165) is 29.7 Å². The summed E-state index contributed by atoms with van der Waals surface area (Å²) < 4.78 is 0. The van der Waals surface area contributed by atoms with E-state index in [1.54, 1.807) is 24.3 Å². The van der Waals surface area contributed by atoms with Crippen LogP contribution in [0.5, 0.6) is 0 Å². The molecule has 1 aliphatic carbocycles. The molecule has 2 aliphatic rings. The summed E-state index contributed by atoms with van der Waals surface area (Å²) in [6.45, 7) is 3.50. The van der Waals surface area contributed by atoms with E-state index in [1.807, 2.05) is 19.9 Å². The molecule has 3 rings (SSSR count). The molecule has 1 aromatic carbocycles. The summed E-state index contributed by atoms with van der Waals surface area (Å²) in [5.41, 5.74) is 0.536. The van der Waals surface area contributed by atoms with Crippen molar-refractivity contribution in [2.24, 2.45) is 5.92 Å². The summed E-state index contributed by atoms with van der Waals surface area (Å²) in [4.78, 5) is 38.7. The van der Waals surface area contributed by atoms with Crippen molar-refractivity contribution in [3.05, 3.63) is 35.4 Å². The predicted octanol–water partition coefficient (Wildman–Crippen LogP) is 2.24. The zero-order valence-corrected chi connectivity index (χ0v) is 15.6. The zero-order valence-electron chi connectivity index (χ0n) is 15.6. The van der Waals surface area contributed by atoms with Gasteiger partial charge in [-0.15, -0.1) is 0 Å². The molecule has 27 heavy (non-hydrogen) atoms. The molecule has 3 unspecified atom stereocenters. The van der Waals surface area contributed by atoms with E-state index in [9.17, 15) is 14.4 Å². The number of hydrogen-bond donors (Lipinski definition) is 2. The van der Waals surface area contributed by atoms with Gasteiger partial charge in [0.25, 0.3) is 5.91 Å². The molecule has 1 aliphatic heterocycles. The number of rotatable bonds is 4. The molecular weight excluding hydrogens is 344 g/mol. The van der Waals surface area contributed by atoms with Crippen LogP contribution in [0, 0.1) is 17.2 Å². The van der Waals surface area contributed by atoms with Crippen LogP contribution in [0.3, 0.4) is 0 Å². The Morgan fingerprint density at radius 2 is 2.07 bits per heavy atom. The highest BCUT2D eigenvalue weighted by Gasteiger charge is 2.55. The van der Waals surface area contributed by atoms with Crippen LogP contribution in [0.4, 0.5) is 4.79 Å². The first kappa shape index (κ1) is 18.9.